The van der Waals surface area contributed by atoms with Crippen molar-refractivity contribution in [3.05, 3.63) is 5.89 Å². The van der Waals surface area contributed by atoms with E-state index in [1.165, 1.54) is 0 Å². The van der Waals surface area contributed by atoms with Gasteiger partial charge in [-0.05, 0) is 18.0 Å². The van der Waals surface area contributed by atoms with Crippen molar-refractivity contribution in [1.82, 2.24) is 10.1 Å². The van der Waals surface area contributed by atoms with Crippen LogP contribution in [0.4, 0.5) is 5.95 Å². The van der Waals surface area contributed by atoms with Crippen LogP contribution in [-0.2, 0) is 9.53 Å². The number of hydrogen-bond acceptors (Lipinski definition) is 6. The van der Waals surface area contributed by atoms with Gasteiger partial charge in [0.1, 0.15) is 5.78 Å². The van der Waals surface area contributed by atoms with Crippen LogP contribution in [0.5, 0.6) is 0 Å². The van der Waals surface area contributed by atoms with E-state index in [9.17, 15) is 4.79 Å². The molecule has 1 saturated heterocycles. The maximum atomic E-state index is 11.2. The monoisotopic (exact) mass is 251 g/mol. The molecule has 2 aliphatic rings. The highest BCUT2D eigenvalue weighted by Gasteiger charge is 2.26. The van der Waals surface area contributed by atoms with Gasteiger partial charge in [-0.1, -0.05) is 0 Å². The van der Waals surface area contributed by atoms with Crippen LogP contribution in [0, 0.1) is 0 Å². The Bertz CT molecular complexity index is 416. The fraction of sp³-hybridized carbons (Fsp3) is 0.750. The summed E-state index contributed by atoms with van der Waals surface area (Å²) in [6.45, 7) is 3.04. The fourth-order valence-electron chi connectivity index (χ4n) is 2.47. The second-order valence-electron chi connectivity index (χ2n) is 4.84. The van der Waals surface area contributed by atoms with Gasteiger partial charge in [-0.2, -0.15) is 4.98 Å². The van der Waals surface area contributed by atoms with Crippen molar-refractivity contribution in [3.63, 3.8) is 0 Å². The Labute approximate surface area is 105 Å². The Morgan fingerprint density at radius 1 is 1.17 bits per heavy atom. The molecule has 6 nitrogen and oxygen atoms in total. The predicted molar refractivity (Wildman–Crippen MR) is 63.5 cm³/mol. The lowest BCUT2D eigenvalue weighted by Gasteiger charge is -2.24. The molecule has 1 aliphatic heterocycles. The van der Waals surface area contributed by atoms with Crippen LogP contribution < -0.4 is 4.90 Å². The van der Waals surface area contributed by atoms with Gasteiger partial charge in [-0.25, -0.2) is 0 Å². The zero-order valence-corrected chi connectivity index (χ0v) is 10.3. The third kappa shape index (κ3) is 2.38. The zero-order chi connectivity index (χ0) is 12.4. The first-order valence-corrected chi connectivity index (χ1v) is 6.51. The number of carbonyl (C=O) groups excluding carboxylic acids is 1. The van der Waals surface area contributed by atoms with E-state index in [1.54, 1.807) is 0 Å². The molecule has 1 aliphatic carbocycles. The van der Waals surface area contributed by atoms with Crippen LogP contribution >= 0.6 is 0 Å². The van der Waals surface area contributed by atoms with Gasteiger partial charge in [-0.3, -0.25) is 4.79 Å². The van der Waals surface area contributed by atoms with E-state index >= 15 is 0 Å². The molecule has 0 radical (unpaired) electrons. The lowest BCUT2D eigenvalue weighted by Crippen LogP contribution is -2.36. The molecule has 0 unspecified atom stereocenters. The van der Waals surface area contributed by atoms with E-state index in [2.05, 4.69) is 15.0 Å². The first kappa shape index (κ1) is 11.6. The summed E-state index contributed by atoms with van der Waals surface area (Å²) in [6.07, 6.45) is 2.95. The minimum atomic E-state index is 0.255. The number of rotatable bonds is 2. The summed E-state index contributed by atoms with van der Waals surface area (Å²) in [6, 6.07) is 0. The summed E-state index contributed by atoms with van der Waals surface area (Å²) in [7, 11) is 0. The Morgan fingerprint density at radius 2 is 1.89 bits per heavy atom. The lowest BCUT2D eigenvalue weighted by molar-refractivity contribution is -0.120. The molecule has 0 spiro atoms. The number of morpholine rings is 1. The number of aromatic nitrogens is 2. The molecule has 6 heteroatoms. The van der Waals surface area contributed by atoms with Gasteiger partial charge < -0.3 is 14.2 Å². The minimum Gasteiger partial charge on any atom is -0.378 e. The van der Waals surface area contributed by atoms with E-state index in [-0.39, 0.29) is 5.92 Å². The highest BCUT2D eigenvalue weighted by molar-refractivity contribution is 5.79. The third-order valence-corrected chi connectivity index (χ3v) is 3.62. The highest BCUT2D eigenvalue weighted by atomic mass is 16.5. The molecule has 2 heterocycles. The normalized spacial score (nSPS) is 22.4. The molecule has 3 rings (SSSR count). The summed E-state index contributed by atoms with van der Waals surface area (Å²) >= 11 is 0. The molecule has 0 N–H and O–H groups in total. The molecular formula is C12H17N3O3. The number of hydrogen-bond donors (Lipinski definition) is 0. The summed E-state index contributed by atoms with van der Waals surface area (Å²) < 4.78 is 10.6. The average Bonchev–Trinajstić information content (AvgIpc) is 2.90. The molecule has 0 bridgehead atoms. The summed E-state index contributed by atoms with van der Waals surface area (Å²) in [5.41, 5.74) is 0. The van der Waals surface area contributed by atoms with Gasteiger partial charge in [0, 0.05) is 31.8 Å². The standard InChI is InChI=1S/C12H17N3O3/c16-10-3-1-9(2-4-10)11-13-12(14-18-11)15-5-7-17-8-6-15/h9H,1-8H2. The van der Waals surface area contributed by atoms with Gasteiger partial charge in [0.25, 0.3) is 5.95 Å². The number of carbonyl (C=O) groups is 1. The highest BCUT2D eigenvalue weighted by Crippen LogP contribution is 2.30. The molecule has 1 aromatic rings. The first-order valence-electron chi connectivity index (χ1n) is 6.51. The van der Waals surface area contributed by atoms with Crippen LogP contribution in [0.2, 0.25) is 0 Å². The summed E-state index contributed by atoms with van der Waals surface area (Å²) in [5.74, 6) is 1.94. The maximum Gasteiger partial charge on any atom is 0.266 e. The predicted octanol–water partition coefficient (Wildman–Crippen LogP) is 1.13. The maximum absolute atomic E-state index is 11.2. The number of ketones is 1. The minimum absolute atomic E-state index is 0.255. The molecule has 0 amide bonds. The zero-order valence-electron chi connectivity index (χ0n) is 10.3. The quantitative estimate of drug-likeness (QED) is 0.785. The fourth-order valence-corrected chi connectivity index (χ4v) is 2.47. The molecule has 1 aromatic heterocycles. The Morgan fingerprint density at radius 3 is 2.61 bits per heavy atom. The van der Waals surface area contributed by atoms with Gasteiger partial charge in [0.15, 0.2) is 0 Å². The Hall–Kier alpha value is -1.43. The van der Waals surface area contributed by atoms with Crippen molar-refractivity contribution in [1.29, 1.82) is 0 Å². The topological polar surface area (TPSA) is 68.5 Å². The molecule has 2 fully saturated rings. The van der Waals surface area contributed by atoms with Crippen molar-refractivity contribution in [2.24, 2.45) is 0 Å². The summed E-state index contributed by atoms with van der Waals surface area (Å²) in [4.78, 5) is 17.7. The van der Waals surface area contributed by atoms with Crippen LogP contribution in [0.25, 0.3) is 0 Å². The lowest BCUT2D eigenvalue weighted by atomic mass is 9.88. The van der Waals surface area contributed by atoms with Crippen molar-refractivity contribution in [2.75, 3.05) is 31.2 Å². The molecular weight excluding hydrogens is 234 g/mol. The van der Waals surface area contributed by atoms with Crippen molar-refractivity contribution in [3.8, 4) is 0 Å². The van der Waals surface area contributed by atoms with Gasteiger partial charge >= 0.3 is 0 Å². The van der Waals surface area contributed by atoms with Crippen molar-refractivity contribution >= 4 is 11.7 Å². The number of Topliss-reactive ketones (excluding diaryl/α,β-unsaturated/α-hetero) is 1. The van der Waals surface area contributed by atoms with E-state index < -0.39 is 0 Å². The molecule has 0 aromatic carbocycles. The third-order valence-electron chi connectivity index (χ3n) is 3.62. The van der Waals surface area contributed by atoms with Crippen molar-refractivity contribution < 1.29 is 14.1 Å². The van der Waals surface area contributed by atoms with E-state index in [4.69, 9.17) is 9.26 Å². The van der Waals surface area contributed by atoms with E-state index in [1.807, 2.05) is 0 Å². The summed E-state index contributed by atoms with van der Waals surface area (Å²) in [5, 5.41) is 4.03. The Kier molecular flexibility index (Phi) is 3.27. The Balaban J connectivity index is 1.67. The van der Waals surface area contributed by atoms with Crippen molar-refractivity contribution in [2.45, 2.75) is 31.6 Å². The van der Waals surface area contributed by atoms with Gasteiger partial charge in [-0.15, -0.1) is 0 Å². The van der Waals surface area contributed by atoms with Crippen LogP contribution in [0.1, 0.15) is 37.5 Å². The van der Waals surface area contributed by atoms with Gasteiger partial charge in [0.05, 0.1) is 13.2 Å². The molecule has 0 atom stereocenters. The largest absolute Gasteiger partial charge is 0.378 e. The van der Waals surface area contributed by atoms with Crippen LogP contribution in [-0.4, -0.2) is 42.2 Å². The SMILES string of the molecule is O=C1CCC(c2nc(N3CCOCC3)no2)CC1. The average molecular weight is 251 g/mol. The van der Waals surface area contributed by atoms with Crippen LogP contribution in [0.15, 0.2) is 4.52 Å². The number of nitrogens with zero attached hydrogens (tertiary/aromatic N) is 3. The van der Waals surface area contributed by atoms with E-state index in [0.717, 1.165) is 25.9 Å². The molecule has 1 saturated carbocycles. The number of ether oxygens (including phenoxy) is 1. The second kappa shape index (κ2) is 5.06. The van der Waals surface area contributed by atoms with Crippen LogP contribution in [0.3, 0.4) is 0 Å². The van der Waals surface area contributed by atoms with E-state index in [0.29, 0.717) is 43.7 Å². The number of anilines is 1. The molecule has 98 valence electrons. The van der Waals surface area contributed by atoms with Gasteiger partial charge in [0.2, 0.25) is 5.89 Å². The smallest absolute Gasteiger partial charge is 0.266 e. The second-order valence-corrected chi connectivity index (χ2v) is 4.84. The molecule has 18 heavy (non-hydrogen) atoms. The first-order chi connectivity index (χ1) is 8.83.